The molecule has 2 heterocycles. The first-order valence-electron chi connectivity index (χ1n) is 8.51. The summed E-state index contributed by atoms with van der Waals surface area (Å²) in [6.07, 6.45) is -13.6. The van der Waals surface area contributed by atoms with Crippen LogP contribution in [0.4, 0.5) is 0 Å². The van der Waals surface area contributed by atoms with Crippen molar-refractivity contribution in [2.24, 2.45) is 0 Å². The zero-order chi connectivity index (χ0) is 22.1. The summed E-state index contributed by atoms with van der Waals surface area (Å²) in [6.45, 7) is -2.29. The van der Waals surface area contributed by atoms with Crippen LogP contribution >= 0.6 is 0 Å². The van der Waals surface area contributed by atoms with E-state index in [0.717, 1.165) is 6.92 Å². The number of esters is 1. The summed E-state index contributed by atoms with van der Waals surface area (Å²) in [4.78, 5) is 23.2. The highest BCUT2D eigenvalue weighted by Gasteiger charge is 2.66. The number of ketones is 1. The standard InChI is InChI=1S/C15H24O14/c1-5(19)13(25)28-15(12(24)10(22)8(20)6(2-16)27-15)29-14(4-18)11(23)9(21)7(3-17)26-14/h6-12,16-18,20-24H,2-4H2,1H3/t6-,7-,8-,9-,10+,11+,12-,14?,15+/m1/s1. The van der Waals surface area contributed by atoms with Crippen molar-refractivity contribution in [3.8, 4) is 0 Å². The molecule has 2 aliphatic rings. The van der Waals surface area contributed by atoms with Gasteiger partial charge >= 0.3 is 11.9 Å². The van der Waals surface area contributed by atoms with Gasteiger partial charge in [-0.1, -0.05) is 0 Å². The molecule has 14 heteroatoms. The molecule has 0 aliphatic carbocycles. The van der Waals surface area contributed by atoms with Gasteiger partial charge in [0.1, 0.15) is 43.2 Å². The number of rotatable bonds is 7. The highest BCUT2D eigenvalue weighted by Crippen LogP contribution is 2.41. The van der Waals surface area contributed by atoms with E-state index in [1.165, 1.54) is 0 Å². The Morgan fingerprint density at radius 1 is 0.862 bits per heavy atom. The van der Waals surface area contributed by atoms with Crippen molar-refractivity contribution in [1.82, 2.24) is 0 Å². The first-order valence-corrected chi connectivity index (χ1v) is 8.51. The molecule has 9 atom stereocenters. The first kappa shape index (κ1) is 24.0. The van der Waals surface area contributed by atoms with Crippen LogP contribution in [0, 0.1) is 0 Å². The second-order valence-corrected chi connectivity index (χ2v) is 6.66. The summed E-state index contributed by atoms with van der Waals surface area (Å²) < 4.78 is 20.2. The SMILES string of the molecule is CC(=O)C(=O)O[C@@]1(OC2(CO)O[C@H](CO)[C@@H](O)[C@@H]2O)O[C@H](CO)[C@@H](O)[C@H](O)[C@H]1O. The Balaban J connectivity index is 2.50. The van der Waals surface area contributed by atoms with E-state index in [1.807, 2.05) is 0 Å². The molecule has 168 valence electrons. The van der Waals surface area contributed by atoms with Crippen LogP contribution in [-0.2, 0) is 28.5 Å². The molecule has 0 saturated carbocycles. The summed E-state index contributed by atoms with van der Waals surface area (Å²) in [6, 6.07) is 0. The van der Waals surface area contributed by atoms with Gasteiger partial charge in [0.25, 0.3) is 0 Å². The predicted octanol–water partition coefficient (Wildman–Crippen LogP) is -5.94. The minimum Gasteiger partial charge on any atom is -0.399 e. The third-order valence-electron chi connectivity index (χ3n) is 4.66. The van der Waals surface area contributed by atoms with Crippen molar-refractivity contribution in [2.45, 2.75) is 61.4 Å². The topological polar surface area (TPSA) is 233 Å². The molecule has 2 rings (SSSR count). The van der Waals surface area contributed by atoms with Gasteiger partial charge in [-0.3, -0.25) is 9.53 Å². The van der Waals surface area contributed by atoms with E-state index < -0.39 is 86.1 Å². The number of aliphatic hydroxyl groups is 8. The fourth-order valence-electron chi connectivity index (χ4n) is 2.99. The summed E-state index contributed by atoms with van der Waals surface area (Å²) in [5.74, 6) is -8.71. The Bertz CT molecular complexity index is 612. The van der Waals surface area contributed by atoms with Gasteiger partial charge in [0.2, 0.25) is 11.6 Å². The molecule has 0 aromatic carbocycles. The average molecular weight is 428 g/mol. The van der Waals surface area contributed by atoms with E-state index in [9.17, 15) is 50.4 Å². The molecule has 0 bridgehead atoms. The van der Waals surface area contributed by atoms with Crippen molar-refractivity contribution >= 4 is 11.8 Å². The second kappa shape index (κ2) is 8.83. The summed E-state index contributed by atoms with van der Waals surface area (Å²) in [7, 11) is 0. The molecular weight excluding hydrogens is 404 g/mol. The Morgan fingerprint density at radius 3 is 1.86 bits per heavy atom. The lowest BCUT2D eigenvalue weighted by Gasteiger charge is -2.49. The quantitative estimate of drug-likeness (QED) is 0.107. The summed E-state index contributed by atoms with van der Waals surface area (Å²) in [5.41, 5.74) is 0. The minimum atomic E-state index is -3.18. The molecule has 1 unspecified atom stereocenters. The lowest BCUT2D eigenvalue weighted by atomic mass is 9.97. The second-order valence-electron chi connectivity index (χ2n) is 6.66. The van der Waals surface area contributed by atoms with Crippen LogP contribution < -0.4 is 0 Å². The van der Waals surface area contributed by atoms with Crippen molar-refractivity contribution in [3.05, 3.63) is 0 Å². The Kier molecular flexibility index (Phi) is 7.30. The maximum absolute atomic E-state index is 11.9. The molecule has 8 N–H and O–H groups in total. The monoisotopic (exact) mass is 428 g/mol. The number of Topliss-reactive ketones (excluding diaryl/α,β-unsaturated/α-hetero) is 1. The smallest absolute Gasteiger partial charge is 0.378 e. The van der Waals surface area contributed by atoms with Gasteiger partial charge in [0.15, 0.2) is 6.10 Å². The van der Waals surface area contributed by atoms with Gasteiger partial charge < -0.3 is 55.1 Å². The van der Waals surface area contributed by atoms with E-state index in [4.69, 9.17) is 18.9 Å². The largest absolute Gasteiger partial charge is 0.399 e. The van der Waals surface area contributed by atoms with Crippen LogP contribution in [0.25, 0.3) is 0 Å². The molecule has 0 spiro atoms. The number of ether oxygens (including phenoxy) is 4. The van der Waals surface area contributed by atoms with Crippen molar-refractivity contribution in [3.63, 3.8) is 0 Å². The highest BCUT2D eigenvalue weighted by atomic mass is 16.9. The summed E-state index contributed by atoms with van der Waals surface area (Å²) in [5, 5.41) is 78.8. The molecule has 2 saturated heterocycles. The minimum absolute atomic E-state index is 0.786. The molecule has 0 radical (unpaired) electrons. The average Bonchev–Trinajstić information content (AvgIpc) is 2.93. The molecule has 0 aromatic rings. The van der Waals surface area contributed by atoms with E-state index in [0.29, 0.717) is 0 Å². The molecule has 29 heavy (non-hydrogen) atoms. The molecule has 0 aromatic heterocycles. The van der Waals surface area contributed by atoms with Gasteiger partial charge in [-0.15, -0.1) is 0 Å². The number of carbonyl (C=O) groups excluding carboxylic acids is 2. The maximum Gasteiger partial charge on any atom is 0.378 e. The van der Waals surface area contributed by atoms with Gasteiger partial charge in [-0.05, 0) is 0 Å². The lowest BCUT2D eigenvalue weighted by Crippen LogP contribution is -2.71. The summed E-state index contributed by atoms with van der Waals surface area (Å²) >= 11 is 0. The maximum atomic E-state index is 11.9. The van der Waals surface area contributed by atoms with Gasteiger partial charge in [0, 0.05) is 6.92 Å². The molecular formula is C15H24O14. The van der Waals surface area contributed by atoms with Crippen LogP contribution in [0.3, 0.4) is 0 Å². The van der Waals surface area contributed by atoms with Crippen LogP contribution in [0.2, 0.25) is 0 Å². The van der Waals surface area contributed by atoms with Gasteiger partial charge in [0.05, 0.1) is 13.2 Å². The third kappa shape index (κ3) is 4.14. The van der Waals surface area contributed by atoms with Gasteiger partial charge in [-0.25, -0.2) is 4.79 Å². The predicted molar refractivity (Wildman–Crippen MR) is 84.4 cm³/mol. The van der Waals surface area contributed by atoms with E-state index in [-0.39, 0.29) is 0 Å². The van der Waals surface area contributed by atoms with Gasteiger partial charge in [-0.2, -0.15) is 0 Å². The molecule has 0 amide bonds. The first-order chi connectivity index (χ1) is 13.5. The van der Waals surface area contributed by atoms with E-state index in [2.05, 4.69) is 0 Å². The fourth-order valence-corrected chi connectivity index (χ4v) is 2.99. The van der Waals surface area contributed by atoms with Crippen LogP contribution in [-0.4, -0.2) is 127 Å². The van der Waals surface area contributed by atoms with Crippen LogP contribution in [0.15, 0.2) is 0 Å². The van der Waals surface area contributed by atoms with Crippen LogP contribution in [0.1, 0.15) is 6.92 Å². The Morgan fingerprint density at radius 2 is 1.41 bits per heavy atom. The fraction of sp³-hybridized carbons (Fsp3) is 0.867. The van der Waals surface area contributed by atoms with Crippen molar-refractivity contribution in [1.29, 1.82) is 0 Å². The van der Waals surface area contributed by atoms with E-state index in [1.54, 1.807) is 0 Å². The van der Waals surface area contributed by atoms with Crippen LogP contribution in [0.5, 0.6) is 0 Å². The highest BCUT2D eigenvalue weighted by molar-refractivity contribution is 6.32. The number of carbonyl (C=O) groups is 2. The Labute approximate surface area is 163 Å². The zero-order valence-electron chi connectivity index (χ0n) is 15.2. The number of aliphatic hydroxyl groups excluding tert-OH is 8. The number of hydrogen-bond acceptors (Lipinski definition) is 14. The molecule has 2 aliphatic heterocycles. The zero-order valence-corrected chi connectivity index (χ0v) is 15.2. The number of hydrogen-bond donors (Lipinski definition) is 8. The third-order valence-corrected chi connectivity index (χ3v) is 4.66. The Hall–Kier alpha value is -1.30. The normalized spacial score (nSPS) is 45.2. The molecule has 2 fully saturated rings. The van der Waals surface area contributed by atoms with E-state index >= 15 is 0 Å². The lowest BCUT2D eigenvalue weighted by molar-refractivity contribution is -0.497. The van der Waals surface area contributed by atoms with Crippen molar-refractivity contribution in [2.75, 3.05) is 19.8 Å². The molecule has 14 nitrogen and oxygen atoms in total. The van der Waals surface area contributed by atoms with Crippen molar-refractivity contribution < 1.29 is 69.4 Å².